The van der Waals surface area contributed by atoms with E-state index in [0.29, 0.717) is 9.16 Å². The zero-order valence-electron chi connectivity index (χ0n) is 10.2. The monoisotopic (exact) mass is 264 g/mol. The first-order valence-corrected chi connectivity index (χ1v) is 5.60. The van der Waals surface area contributed by atoms with Gasteiger partial charge in [0, 0.05) is 11.0 Å². The smallest absolute Gasteiger partial charge is 0.410 e. The summed E-state index contributed by atoms with van der Waals surface area (Å²) in [5.74, 6) is -0.933. The highest BCUT2D eigenvalue weighted by atomic mass is 16.5. The van der Waals surface area contributed by atoms with Crippen molar-refractivity contribution < 1.29 is 19.1 Å². The molecule has 1 heterocycles. The molecule has 2 aromatic rings. The quantitative estimate of drug-likeness (QED) is 0.637. The van der Waals surface area contributed by atoms with Crippen molar-refractivity contribution in [2.24, 2.45) is 0 Å². The van der Waals surface area contributed by atoms with E-state index in [1.165, 1.54) is 19.1 Å². The molecule has 1 N–H and O–H groups in total. The Hall–Kier alpha value is -2.41. The predicted molar refractivity (Wildman–Crippen MR) is 66.2 cm³/mol. The van der Waals surface area contributed by atoms with Crippen molar-refractivity contribution in [1.82, 2.24) is 4.73 Å². The van der Waals surface area contributed by atoms with Crippen LogP contribution in [-0.2, 0) is 4.74 Å². The normalized spacial score (nSPS) is 10.6. The van der Waals surface area contributed by atoms with E-state index >= 15 is 0 Å². The molecule has 7 nitrogen and oxygen atoms in total. The van der Waals surface area contributed by atoms with E-state index < -0.39 is 5.97 Å². The van der Waals surface area contributed by atoms with Gasteiger partial charge in [-0.05, 0) is 13.0 Å². The number of ether oxygens (including phenoxy) is 1. The number of hydrogen-bond donors (Lipinski definition) is 1. The van der Waals surface area contributed by atoms with E-state index in [-0.39, 0.29) is 35.6 Å². The lowest BCUT2D eigenvalue weighted by Crippen LogP contribution is -2.31. The predicted octanol–water partition coefficient (Wildman–Crippen LogP) is 0.359. The van der Waals surface area contributed by atoms with Crippen molar-refractivity contribution in [2.45, 2.75) is 6.92 Å². The highest BCUT2D eigenvalue weighted by Crippen LogP contribution is 2.13. The summed E-state index contributed by atoms with van der Waals surface area (Å²) < 4.78 is 5.57. The van der Waals surface area contributed by atoms with Gasteiger partial charge < -0.3 is 19.8 Å². The molecule has 0 spiro atoms. The summed E-state index contributed by atoms with van der Waals surface area (Å²) in [6, 6.07) is 6.15. The number of aliphatic hydroxyl groups excluding tert-OH is 1. The number of rotatable bonds is 3. The molecule has 0 aliphatic carbocycles. The van der Waals surface area contributed by atoms with Crippen molar-refractivity contribution in [3.63, 3.8) is 0 Å². The Morgan fingerprint density at radius 2 is 2.16 bits per heavy atom. The number of carbonyl (C=O) groups excluding carboxylic acids is 1. The van der Waals surface area contributed by atoms with E-state index in [4.69, 9.17) is 5.11 Å². The zero-order valence-corrected chi connectivity index (χ0v) is 10.2. The van der Waals surface area contributed by atoms with E-state index in [1.54, 1.807) is 12.1 Å². The van der Waals surface area contributed by atoms with Crippen LogP contribution in [0.15, 0.2) is 24.3 Å². The number of benzene rings is 1. The van der Waals surface area contributed by atoms with Gasteiger partial charge in [0.25, 0.3) is 5.52 Å². The van der Waals surface area contributed by atoms with Crippen molar-refractivity contribution in [2.75, 3.05) is 13.2 Å². The number of aliphatic hydroxyl groups is 1. The van der Waals surface area contributed by atoms with Crippen molar-refractivity contribution in [3.8, 4) is 0 Å². The molecule has 0 amide bonds. The maximum atomic E-state index is 12.1. The molecule has 0 aliphatic heterocycles. The van der Waals surface area contributed by atoms with Gasteiger partial charge in [-0.25, -0.2) is 4.79 Å². The van der Waals surface area contributed by atoms with Crippen LogP contribution in [0.1, 0.15) is 16.2 Å². The second-order valence-electron chi connectivity index (χ2n) is 3.87. The topological polar surface area (TPSA) is 97.5 Å². The average Bonchev–Trinajstić information content (AvgIpc) is 2.43. The molecule has 0 atom stereocenters. The van der Waals surface area contributed by atoms with Crippen LogP contribution in [-0.4, -0.2) is 29.0 Å². The fraction of sp³-hybridized carbons (Fsp3) is 0.250. The average molecular weight is 264 g/mol. The minimum atomic E-state index is -0.933. The summed E-state index contributed by atoms with van der Waals surface area (Å²) in [6.07, 6.45) is 0. The van der Waals surface area contributed by atoms with Crippen LogP contribution in [0.3, 0.4) is 0 Å². The number of aromatic nitrogens is 2. The number of fused-ring (bicyclic) bond motifs is 1. The third-order valence-electron chi connectivity index (χ3n) is 2.69. The molecule has 1 aromatic heterocycles. The van der Waals surface area contributed by atoms with Gasteiger partial charge in [0.05, 0.1) is 16.7 Å². The van der Waals surface area contributed by atoms with E-state index in [9.17, 15) is 14.9 Å². The van der Waals surface area contributed by atoms with Crippen LogP contribution in [0.4, 0.5) is 0 Å². The molecule has 0 unspecified atom stereocenters. The molecule has 0 radical (unpaired) electrons. The molecular weight excluding hydrogens is 252 g/mol. The van der Waals surface area contributed by atoms with Gasteiger partial charge >= 0.3 is 11.7 Å². The standard InChI is InChI=1S/C12H12N2O5/c1-8-11(12(16)19-7-6-15)14(18)10-5-3-2-4-9(10)13(8)17/h2-5,15H,6-7H2,1H3. The molecule has 7 heteroatoms. The van der Waals surface area contributed by atoms with Crippen LogP contribution >= 0.6 is 0 Å². The number of hydrogen-bond acceptors (Lipinski definition) is 5. The van der Waals surface area contributed by atoms with Crippen molar-refractivity contribution in [1.29, 1.82) is 0 Å². The number of esters is 1. The van der Waals surface area contributed by atoms with Gasteiger partial charge in [-0.1, -0.05) is 12.1 Å². The number of para-hydroxylation sites is 2. The fourth-order valence-electron chi connectivity index (χ4n) is 1.79. The number of carbonyl (C=O) groups is 1. The lowest BCUT2D eigenvalue weighted by Gasteiger charge is -2.15. The van der Waals surface area contributed by atoms with Gasteiger partial charge in [0.2, 0.25) is 0 Å². The Balaban J connectivity index is 2.68. The van der Waals surface area contributed by atoms with Gasteiger partial charge in [0.15, 0.2) is 0 Å². The Labute approximate surface area is 107 Å². The third-order valence-corrected chi connectivity index (χ3v) is 2.69. The number of nitrogens with zero attached hydrogens (tertiary/aromatic N) is 2. The van der Waals surface area contributed by atoms with Crippen LogP contribution in [0, 0.1) is 17.0 Å². The van der Waals surface area contributed by atoms with Crippen LogP contribution in [0.5, 0.6) is 0 Å². The Bertz CT molecular complexity index is 692. The maximum Gasteiger partial charge on any atom is 0.410 e. The van der Waals surface area contributed by atoms with Gasteiger partial charge in [-0.3, -0.25) is 0 Å². The molecule has 0 bridgehead atoms. The van der Waals surface area contributed by atoms with Crippen molar-refractivity contribution >= 4 is 17.0 Å². The highest BCUT2D eigenvalue weighted by molar-refractivity contribution is 5.88. The molecule has 0 saturated heterocycles. The lowest BCUT2D eigenvalue weighted by atomic mass is 10.2. The molecule has 0 aliphatic rings. The van der Waals surface area contributed by atoms with Gasteiger partial charge in [-0.2, -0.15) is 0 Å². The minimum absolute atomic E-state index is 0.0448. The minimum Gasteiger partial charge on any atom is -0.805 e. The lowest BCUT2D eigenvalue weighted by molar-refractivity contribution is -0.469. The Kier molecular flexibility index (Phi) is 3.48. The summed E-state index contributed by atoms with van der Waals surface area (Å²) in [7, 11) is 0. The highest BCUT2D eigenvalue weighted by Gasteiger charge is 2.28. The van der Waals surface area contributed by atoms with Crippen molar-refractivity contribution in [3.05, 3.63) is 45.8 Å². The van der Waals surface area contributed by atoms with Gasteiger partial charge in [-0.15, -0.1) is 0 Å². The Morgan fingerprint density at radius 3 is 2.84 bits per heavy atom. The zero-order chi connectivity index (χ0) is 14.0. The summed E-state index contributed by atoms with van der Waals surface area (Å²) >= 11 is 0. The second-order valence-corrected chi connectivity index (χ2v) is 3.87. The SMILES string of the molecule is Cc1c(C(=O)OCCO)[n+](=O)c2ccccc2n1[O-]. The van der Waals surface area contributed by atoms with Crippen LogP contribution in [0.2, 0.25) is 0 Å². The molecule has 0 saturated carbocycles. The second kappa shape index (κ2) is 5.07. The van der Waals surface area contributed by atoms with Crippen LogP contribution < -0.4 is 4.43 Å². The van der Waals surface area contributed by atoms with E-state index in [1.807, 2.05) is 0 Å². The van der Waals surface area contributed by atoms with E-state index in [2.05, 4.69) is 4.74 Å². The summed E-state index contributed by atoms with van der Waals surface area (Å²) in [5, 5.41) is 20.6. The molecule has 1 aromatic carbocycles. The van der Waals surface area contributed by atoms with Gasteiger partial charge in [0.1, 0.15) is 12.1 Å². The third kappa shape index (κ3) is 2.15. The molecular formula is C12H12N2O5. The first-order valence-electron chi connectivity index (χ1n) is 5.60. The first kappa shape index (κ1) is 13.0. The van der Waals surface area contributed by atoms with Crippen LogP contribution in [0.25, 0.3) is 11.0 Å². The molecule has 19 heavy (non-hydrogen) atoms. The largest absolute Gasteiger partial charge is 0.805 e. The summed E-state index contributed by atoms with van der Waals surface area (Å²) in [6.45, 7) is 0.780. The first-order chi connectivity index (χ1) is 9.07. The molecule has 2 rings (SSSR count). The summed E-state index contributed by atoms with van der Waals surface area (Å²) in [4.78, 5) is 23.8. The fourth-order valence-corrected chi connectivity index (χ4v) is 1.79. The van der Waals surface area contributed by atoms with E-state index in [0.717, 1.165) is 0 Å². The Morgan fingerprint density at radius 1 is 1.47 bits per heavy atom. The molecule has 100 valence electrons. The molecule has 0 fully saturated rings. The maximum absolute atomic E-state index is 12.1. The summed E-state index contributed by atoms with van der Waals surface area (Å²) in [5.41, 5.74) is -0.161.